The van der Waals surface area contributed by atoms with Crippen molar-refractivity contribution in [1.82, 2.24) is 15.1 Å². The normalized spacial score (nSPS) is 26.4. The van der Waals surface area contributed by atoms with Crippen molar-refractivity contribution < 1.29 is 19.1 Å². The van der Waals surface area contributed by atoms with Crippen molar-refractivity contribution in [3.05, 3.63) is 35.6 Å². The van der Waals surface area contributed by atoms with Gasteiger partial charge in [-0.05, 0) is 57.5 Å². The fraction of sp³-hybridized carbons (Fsp3) is 0.600. The molecule has 2 fully saturated rings. The smallest absolute Gasteiger partial charge is 0.317 e. The van der Waals surface area contributed by atoms with Gasteiger partial charge < -0.3 is 15.3 Å². The maximum Gasteiger partial charge on any atom is 0.317 e. The van der Waals surface area contributed by atoms with Crippen LogP contribution in [0.25, 0.3) is 0 Å². The zero-order chi connectivity index (χ0) is 19.4. The zero-order valence-electron chi connectivity index (χ0n) is 15.8. The molecule has 2 saturated heterocycles. The molecule has 1 aromatic carbocycles. The lowest BCUT2D eigenvalue weighted by Gasteiger charge is -2.53. The molecule has 0 unspecified atom stereocenters. The van der Waals surface area contributed by atoms with Gasteiger partial charge in [-0.1, -0.05) is 18.2 Å². The van der Waals surface area contributed by atoms with Crippen molar-refractivity contribution in [3.63, 3.8) is 0 Å². The standard InChI is InChI=1S/C20H28FN3O3/c1-23-12-9-20(8-4-11-24(14-18(25)26)17(20)13-23)19(27)22-10-7-15-5-2-3-6-16(15)21/h2-3,5-6,17H,4,7-14H2,1H3,(H,22,27)(H,25,26)/t17-,20+/m0/s1. The molecule has 1 amide bonds. The van der Waals surface area contributed by atoms with E-state index in [0.29, 0.717) is 31.6 Å². The Morgan fingerprint density at radius 1 is 1.30 bits per heavy atom. The maximum absolute atomic E-state index is 13.8. The van der Waals surface area contributed by atoms with E-state index in [-0.39, 0.29) is 24.3 Å². The van der Waals surface area contributed by atoms with Crippen LogP contribution in [0.5, 0.6) is 0 Å². The fourth-order valence-electron chi connectivity index (χ4n) is 4.56. The van der Waals surface area contributed by atoms with E-state index in [0.717, 1.165) is 25.8 Å². The predicted molar refractivity (Wildman–Crippen MR) is 99.9 cm³/mol. The van der Waals surface area contributed by atoms with Crippen LogP contribution in [-0.4, -0.2) is 72.6 Å². The second-order valence-electron chi connectivity index (χ2n) is 7.75. The molecule has 3 rings (SSSR count). The number of amides is 1. The molecule has 2 atom stereocenters. The first kappa shape index (κ1) is 19.8. The highest BCUT2D eigenvalue weighted by molar-refractivity contribution is 5.84. The number of piperidine rings is 2. The molecule has 27 heavy (non-hydrogen) atoms. The molecule has 6 nitrogen and oxygen atoms in total. The minimum Gasteiger partial charge on any atom is -0.480 e. The third-order valence-electron chi connectivity index (χ3n) is 6.00. The molecule has 0 bridgehead atoms. The summed E-state index contributed by atoms with van der Waals surface area (Å²) in [5, 5.41) is 12.3. The van der Waals surface area contributed by atoms with E-state index in [1.54, 1.807) is 18.2 Å². The first-order valence-corrected chi connectivity index (χ1v) is 9.58. The molecule has 2 aliphatic rings. The maximum atomic E-state index is 13.8. The van der Waals surface area contributed by atoms with Gasteiger partial charge in [-0.15, -0.1) is 0 Å². The lowest BCUT2D eigenvalue weighted by atomic mass is 9.67. The van der Waals surface area contributed by atoms with Crippen LogP contribution in [-0.2, 0) is 16.0 Å². The number of likely N-dealkylation sites (N-methyl/N-ethyl adjacent to an activating group) is 1. The van der Waals surface area contributed by atoms with Gasteiger partial charge in [0.1, 0.15) is 5.82 Å². The van der Waals surface area contributed by atoms with Gasteiger partial charge in [0.15, 0.2) is 0 Å². The average Bonchev–Trinajstić information content (AvgIpc) is 2.63. The molecular formula is C20H28FN3O3. The monoisotopic (exact) mass is 377 g/mol. The Balaban J connectivity index is 1.69. The number of benzene rings is 1. The van der Waals surface area contributed by atoms with Crippen LogP contribution in [0.3, 0.4) is 0 Å². The van der Waals surface area contributed by atoms with Gasteiger partial charge in [-0.2, -0.15) is 0 Å². The zero-order valence-corrected chi connectivity index (χ0v) is 15.8. The third-order valence-corrected chi connectivity index (χ3v) is 6.00. The van der Waals surface area contributed by atoms with Crippen molar-refractivity contribution in [2.24, 2.45) is 5.41 Å². The highest BCUT2D eigenvalue weighted by Gasteiger charge is 2.52. The molecule has 1 aromatic rings. The molecule has 0 aliphatic carbocycles. The number of rotatable bonds is 6. The van der Waals surface area contributed by atoms with Crippen LogP contribution in [0, 0.1) is 11.2 Å². The first-order valence-electron chi connectivity index (χ1n) is 9.58. The van der Waals surface area contributed by atoms with Crippen LogP contribution >= 0.6 is 0 Å². The van der Waals surface area contributed by atoms with Gasteiger partial charge in [0.25, 0.3) is 0 Å². The summed E-state index contributed by atoms with van der Waals surface area (Å²) in [7, 11) is 2.01. The minimum atomic E-state index is -0.862. The van der Waals surface area contributed by atoms with Crippen LogP contribution in [0.1, 0.15) is 24.8 Å². The van der Waals surface area contributed by atoms with E-state index in [1.165, 1.54) is 6.07 Å². The number of carboxylic acids is 1. The van der Waals surface area contributed by atoms with Crippen molar-refractivity contribution in [1.29, 1.82) is 0 Å². The summed E-state index contributed by atoms with van der Waals surface area (Å²) in [5.74, 6) is -1.14. The SMILES string of the molecule is CN1CC[C@]2(C(=O)NCCc3ccccc3F)CCCN(CC(=O)O)[C@H]2C1. The third kappa shape index (κ3) is 4.30. The number of hydrogen-bond donors (Lipinski definition) is 2. The molecule has 2 heterocycles. The number of carbonyl (C=O) groups excluding carboxylic acids is 1. The summed E-state index contributed by atoms with van der Waals surface area (Å²) in [6.45, 7) is 2.55. The summed E-state index contributed by atoms with van der Waals surface area (Å²) in [4.78, 5) is 28.5. The number of hydrogen-bond acceptors (Lipinski definition) is 4. The number of fused-ring (bicyclic) bond motifs is 1. The summed E-state index contributed by atoms with van der Waals surface area (Å²) >= 11 is 0. The van der Waals surface area contributed by atoms with Crippen LogP contribution in [0.15, 0.2) is 24.3 Å². The van der Waals surface area contributed by atoms with Crippen molar-refractivity contribution in [2.45, 2.75) is 31.7 Å². The van der Waals surface area contributed by atoms with Gasteiger partial charge in [-0.25, -0.2) is 4.39 Å². The molecule has 0 spiro atoms. The van der Waals surface area contributed by atoms with Crippen molar-refractivity contribution in [2.75, 3.05) is 39.8 Å². The van der Waals surface area contributed by atoms with Crippen molar-refractivity contribution >= 4 is 11.9 Å². The number of nitrogens with one attached hydrogen (secondary N) is 1. The second-order valence-corrected chi connectivity index (χ2v) is 7.75. The Bertz CT molecular complexity index is 699. The molecule has 0 saturated carbocycles. The highest BCUT2D eigenvalue weighted by atomic mass is 19.1. The number of nitrogens with zero attached hydrogens (tertiary/aromatic N) is 2. The Morgan fingerprint density at radius 2 is 2.07 bits per heavy atom. The Hall–Kier alpha value is -1.99. The number of carboxylic acid groups (broad SMARTS) is 1. The van der Waals surface area contributed by atoms with Crippen LogP contribution in [0.2, 0.25) is 0 Å². The largest absolute Gasteiger partial charge is 0.480 e. The molecule has 148 valence electrons. The predicted octanol–water partition coefficient (Wildman–Crippen LogP) is 1.36. The summed E-state index contributed by atoms with van der Waals surface area (Å²) < 4.78 is 13.8. The fourth-order valence-corrected chi connectivity index (χ4v) is 4.56. The Morgan fingerprint density at radius 3 is 2.81 bits per heavy atom. The first-order chi connectivity index (χ1) is 12.9. The summed E-state index contributed by atoms with van der Waals surface area (Å²) in [6, 6.07) is 6.49. The summed E-state index contributed by atoms with van der Waals surface area (Å²) in [5.41, 5.74) is 0.0292. The average molecular weight is 377 g/mol. The van der Waals surface area contributed by atoms with Gasteiger partial charge in [-0.3, -0.25) is 14.5 Å². The number of likely N-dealkylation sites (tertiary alicyclic amines) is 2. The van der Waals surface area contributed by atoms with Gasteiger partial charge >= 0.3 is 5.97 Å². The Labute approximate surface area is 159 Å². The number of halogens is 1. The van der Waals surface area contributed by atoms with E-state index in [1.807, 2.05) is 11.9 Å². The van der Waals surface area contributed by atoms with E-state index >= 15 is 0 Å². The van der Waals surface area contributed by atoms with E-state index in [4.69, 9.17) is 0 Å². The number of aliphatic carboxylic acids is 1. The van der Waals surface area contributed by atoms with Crippen LogP contribution < -0.4 is 5.32 Å². The number of carbonyl (C=O) groups is 2. The van der Waals surface area contributed by atoms with E-state index in [9.17, 15) is 19.1 Å². The Kier molecular flexibility index (Phi) is 6.11. The lowest BCUT2D eigenvalue weighted by Crippen LogP contribution is -2.66. The topological polar surface area (TPSA) is 72.9 Å². The van der Waals surface area contributed by atoms with Gasteiger partial charge in [0, 0.05) is 19.1 Å². The highest BCUT2D eigenvalue weighted by Crippen LogP contribution is 2.42. The van der Waals surface area contributed by atoms with Gasteiger partial charge in [0.2, 0.25) is 5.91 Å². The molecule has 0 radical (unpaired) electrons. The molecule has 2 N–H and O–H groups in total. The van der Waals surface area contributed by atoms with Crippen molar-refractivity contribution in [3.8, 4) is 0 Å². The quantitative estimate of drug-likeness (QED) is 0.783. The second kappa shape index (κ2) is 8.35. The van der Waals surface area contributed by atoms with E-state index in [2.05, 4.69) is 10.2 Å². The molecule has 2 aliphatic heterocycles. The molecule has 0 aromatic heterocycles. The van der Waals surface area contributed by atoms with Crippen LogP contribution in [0.4, 0.5) is 4.39 Å². The summed E-state index contributed by atoms with van der Waals surface area (Å²) in [6.07, 6.45) is 2.75. The minimum absolute atomic E-state index is 0.0213. The van der Waals surface area contributed by atoms with E-state index < -0.39 is 11.4 Å². The van der Waals surface area contributed by atoms with Gasteiger partial charge in [0.05, 0.1) is 12.0 Å². The molecule has 7 heteroatoms. The lowest BCUT2D eigenvalue weighted by molar-refractivity contribution is -0.151. The molecular weight excluding hydrogens is 349 g/mol.